The van der Waals surface area contributed by atoms with E-state index < -0.39 is 6.04 Å². The molecule has 0 aromatic heterocycles. The van der Waals surface area contributed by atoms with Gasteiger partial charge in [0.1, 0.15) is 0 Å². The van der Waals surface area contributed by atoms with Crippen LogP contribution in [0.4, 0.5) is 0 Å². The van der Waals surface area contributed by atoms with E-state index in [1.807, 2.05) is 30.9 Å². The third-order valence-electron chi connectivity index (χ3n) is 2.73. The largest absolute Gasteiger partial charge is 0.335 e. The normalized spacial score (nSPS) is 12.6. The van der Waals surface area contributed by atoms with Crippen LogP contribution in [0.1, 0.15) is 31.9 Å². The average molecular weight is 234 g/mol. The van der Waals surface area contributed by atoms with Gasteiger partial charge in [-0.3, -0.25) is 4.79 Å². The molecule has 1 aromatic rings. The second-order valence-corrected chi connectivity index (χ2v) is 4.84. The van der Waals surface area contributed by atoms with Crippen molar-refractivity contribution in [2.24, 2.45) is 5.73 Å². The summed E-state index contributed by atoms with van der Waals surface area (Å²) in [6.45, 7) is 8.43. The summed E-state index contributed by atoms with van der Waals surface area (Å²) in [7, 11) is 0. The number of amides is 1. The van der Waals surface area contributed by atoms with E-state index in [2.05, 4.69) is 19.1 Å². The molecule has 94 valence electrons. The minimum Gasteiger partial charge on any atom is -0.335 e. The van der Waals surface area contributed by atoms with Gasteiger partial charge in [0.05, 0.1) is 6.04 Å². The molecule has 0 radical (unpaired) electrons. The zero-order valence-electron chi connectivity index (χ0n) is 11.1. The Balaban J connectivity index is 2.84. The quantitative estimate of drug-likeness (QED) is 0.867. The monoisotopic (exact) mass is 234 g/mol. The number of hydrogen-bond donors (Lipinski definition) is 1. The summed E-state index contributed by atoms with van der Waals surface area (Å²) >= 11 is 0. The summed E-state index contributed by atoms with van der Waals surface area (Å²) < 4.78 is 0. The zero-order chi connectivity index (χ0) is 13.0. The smallest absolute Gasteiger partial charge is 0.239 e. The highest BCUT2D eigenvalue weighted by atomic mass is 16.2. The third-order valence-corrected chi connectivity index (χ3v) is 2.73. The standard InChI is InChI=1S/C14H22N2O/c1-10(2)16(14(17)12(4)15)9-13-7-5-6-11(3)8-13/h5-8,10,12H,9,15H2,1-4H3. The number of nitrogens with zero attached hydrogens (tertiary/aromatic N) is 1. The molecule has 0 aliphatic heterocycles. The maximum Gasteiger partial charge on any atom is 0.239 e. The molecule has 0 heterocycles. The van der Waals surface area contributed by atoms with Crippen molar-refractivity contribution < 1.29 is 4.79 Å². The van der Waals surface area contributed by atoms with Crippen LogP contribution in [0.5, 0.6) is 0 Å². The van der Waals surface area contributed by atoms with Crippen molar-refractivity contribution in [2.75, 3.05) is 0 Å². The number of rotatable bonds is 4. The second kappa shape index (κ2) is 5.82. The molecular formula is C14H22N2O. The van der Waals surface area contributed by atoms with Gasteiger partial charge < -0.3 is 10.6 Å². The Morgan fingerprint density at radius 1 is 1.35 bits per heavy atom. The van der Waals surface area contributed by atoms with Crippen LogP contribution < -0.4 is 5.73 Å². The van der Waals surface area contributed by atoms with Gasteiger partial charge in [0.15, 0.2) is 0 Å². The first-order chi connectivity index (χ1) is 7.91. The molecule has 17 heavy (non-hydrogen) atoms. The molecule has 3 nitrogen and oxygen atoms in total. The minimum atomic E-state index is -0.442. The molecule has 1 amide bonds. The first-order valence-electron chi connectivity index (χ1n) is 6.03. The summed E-state index contributed by atoms with van der Waals surface area (Å²) in [5.74, 6) is 0.00139. The fraction of sp³-hybridized carbons (Fsp3) is 0.500. The van der Waals surface area contributed by atoms with Gasteiger partial charge in [-0.25, -0.2) is 0 Å². The maximum atomic E-state index is 12.0. The predicted octanol–water partition coefficient (Wildman–Crippen LogP) is 2.08. The molecule has 0 fully saturated rings. The number of nitrogens with two attached hydrogens (primary N) is 1. The van der Waals surface area contributed by atoms with Gasteiger partial charge in [-0.2, -0.15) is 0 Å². The molecule has 1 aromatic carbocycles. The molecule has 0 bridgehead atoms. The topological polar surface area (TPSA) is 46.3 Å². The Morgan fingerprint density at radius 2 is 2.00 bits per heavy atom. The highest BCUT2D eigenvalue weighted by Gasteiger charge is 2.20. The van der Waals surface area contributed by atoms with E-state index in [9.17, 15) is 4.79 Å². The maximum absolute atomic E-state index is 12.0. The van der Waals surface area contributed by atoms with Crippen LogP contribution in [-0.4, -0.2) is 22.9 Å². The van der Waals surface area contributed by atoms with Crippen LogP contribution >= 0.6 is 0 Å². The van der Waals surface area contributed by atoms with Crippen molar-refractivity contribution in [1.82, 2.24) is 4.90 Å². The lowest BCUT2D eigenvalue weighted by Crippen LogP contribution is -2.45. The Bertz CT molecular complexity index is 386. The fourth-order valence-electron chi connectivity index (χ4n) is 1.78. The molecule has 3 heteroatoms. The number of hydrogen-bond acceptors (Lipinski definition) is 2. The van der Waals surface area contributed by atoms with E-state index in [1.165, 1.54) is 5.56 Å². The zero-order valence-corrected chi connectivity index (χ0v) is 11.1. The van der Waals surface area contributed by atoms with E-state index in [4.69, 9.17) is 5.73 Å². The Morgan fingerprint density at radius 3 is 2.47 bits per heavy atom. The Hall–Kier alpha value is -1.35. The molecule has 0 aliphatic carbocycles. The first-order valence-corrected chi connectivity index (χ1v) is 6.03. The van der Waals surface area contributed by atoms with Crippen molar-refractivity contribution in [3.8, 4) is 0 Å². The predicted molar refractivity (Wildman–Crippen MR) is 70.5 cm³/mol. The first kappa shape index (κ1) is 13.7. The highest BCUT2D eigenvalue weighted by molar-refractivity contribution is 5.81. The van der Waals surface area contributed by atoms with Gasteiger partial charge in [0.25, 0.3) is 0 Å². The molecule has 1 unspecified atom stereocenters. The molecular weight excluding hydrogens is 212 g/mol. The van der Waals surface area contributed by atoms with Crippen LogP contribution in [0, 0.1) is 6.92 Å². The van der Waals surface area contributed by atoms with Crippen LogP contribution in [0.15, 0.2) is 24.3 Å². The van der Waals surface area contributed by atoms with Gasteiger partial charge >= 0.3 is 0 Å². The molecule has 0 aliphatic rings. The Kier molecular flexibility index (Phi) is 4.70. The van der Waals surface area contributed by atoms with Crippen molar-refractivity contribution >= 4 is 5.91 Å². The van der Waals surface area contributed by atoms with Gasteiger partial charge in [-0.15, -0.1) is 0 Å². The summed E-state index contributed by atoms with van der Waals surface area (Å²) in [6.07, 6.45) is 0. The van der Waals surface area contributed by atoms with E-state index in [1.54, 1.807) is 6.92 Å². The fourth-order valence-corrected chi connectivity index (χ4v) is 1.78. The summed E-state index contributed by atoms with van der Waals surface area (Å²) in [6, 6.07) is 7.92. The summed E-state index contributed by atoms with van der Waals surface area (Å²) in [4.78, 5) is 13.8. The lowest BCUT2D eigenvalue weighted by molar-refractivity contribution is -0.134. The number of benzene rings is 1. The molecule has 1 rings (SSSR count). The van der Waals surface area contributed by atoms with E-state index >= 15 is 0 Å². The van der Waals surface area contributed by atoms with Gasteiger partial charge in [0, 0.05) is 12.6 Å². The van der Waals surface area contributed by atoms with Crippen LogP contribution in [0.25, 0.3) is 0 Å². The minimum absolute atomic E-state index is 0.00139. The van der Waals surface area contributed by atoms with E-state index in [-0.39, 0.29) is 11.9 Å². The molecule has 2 N–H and O–H groups in total. The van der Waals surface area contributed by atoms with E-state index in [0.29, 0.717) is 6.54 Å². The van der Waals surface area contributed by atoms with Crippen molar-refractivity contribution in [1.29, 1.82) is 0 Å². The van der Waals surface area contributed by atoms with Crippen molar-refractivity contribution in [2.45, 2.75) is 46.3 Å². The van der Waals surface area contributed by atoms with E-state index in [0.717, 1.165) is 5.56 Å². The SMILES string of the molecule is Cc1cccc(CN(C(=O)C(C)N)C(C)C)c1. The summed E-state index contributed by atoms with van der Waals surface area (Å²) in [5, 5.41) is 0. The molecule has 0 saturated heterocycles. The molecule has 0 saturated carbocycles. The van der Waals surface area contributed by atoms with Crippen molar-refractivity contribution in [3.63, 3.8) is 0 Å². The summed E-state index contributed by atoms with van der Waals surface area (Å²) in [5.41, 5.74) is 8.02. The number of aryl methyl sites for hydroxylation is 1. The second-order valence-electron chi connectivity index (χ2n) is 4.84. The third kappa shape index (κ3) is 3.86. The molecule has 0 spiro atoms. The van der Waals surface area contributed by atoms with Gasteiger partial charge in [-0.05, 0) is 33.3 Å². The van der Waals surface area contributed by atoms with Gasteiger partial charge in [-0.1, -0.05) is 29.8 Å². The Labute approximate surface area is 104 Å². The van der Waals surface area contributed by atoms with Crippen molar-refractivity contribution in [3.05, 3.63) is 35.4 Å². The average Bonchev–Trinajstić information content (AvgIpc) is 2.24. The number of carbonyl (C=O) groups is 1. The van der Waals surface area contributed by atoms with Crippen LogP contribution in [0.3, 0.4) is 0 Å². The number of carbonyl (C=O) groups excluding carboxylic acids is 1. The highest BCUT2D eigenvalue weighted by Crippen LogP contribution is 2.11. The molecule has 1 atom stereocenters. The van der Waals surface area contributed by atoms with Gasteiger partial charge in [0.2, 0.25) is 5.91 Å². The lowest BCUT2D eigenvalue weighted by Gasteiger charge is -2.28. The van der Waals surface area contributed by atoms with Crippen LogP contribution in [0.2, 0.25) is 0 Å². The van der Waals surface area contributed by atoms with Crippen LogP contribution in [-0.2, 0) is 11.3 Å². The lowest BCUT2D eigenvalue weighted by atomic mass is 10.1.